The molecule has 0 spiro atoms. The Labute approximate surface area is 148 Å². The number of rotatable bonds is 6. The number of benzene rings is 1. The van der Waals surface area contributed by atoms with Crippen molar-refractivity contribution in [1.29, 1.82) is 0 Å². The van der Waals surface area contributed by atoms with Crippen molar-refractivity contribution in [3.05, 3.63) is 41.0 Å². The molecule has 0 saturated carbocycles. The molecular weight excluding hydrogens is 318 g/mol. The monoisotopic (exact) mass is 345 g/mol. The SMILES string of the molecule is Cc1nc(C(=O)N(CCN)CCC(C)(C)C)c(-c2ccccc2)s1. The minimum atomic E-state index is -0.0205. The zero-order chi connectivity index (χ0) is 17.7. The predicted molar refractivity (Wildman–Crippen MR) is 101 cm³/mol. The molecule has 0 saturated heterocycles. The van der Waals surface area contributed by atoms with E-state index in [1.165, 1.54) is 0 Å². The maximum atomic E-state index is 13.1. The van der Waals surface area contributed by atoms with E-state index in [4.69, 9.17) is 5.73 Å². The summed E-state index contributed by atoms with van der Waals surface area (Å²) in [6.45, 7) is 10.2. The number of carbonyl (C=O) groups excluding carboxylic acids is 1. The molecule has 1 aromatic carbocycles. The van der Waals surface area contributed by atoms with Gasteiger partial charge in [-0.1, -0.05) is 51.1 Å². The Morgan fingerprint density at radius 1 is 1.21 bits per heavy atom. The van der Waals surface area contributed by atoms with Gasteiger partial charge in [-0.05, 0) is 24.3 Å². The highest BCUT2D eigenvalue weighted by Crippen LogP contribution is 2.31. The predicted octanol–water partition coefficient (Wildman–Crippen LogP) is 3.96. The highest BCUT2D eigenvalue weighted by molar-refractivity contribution is 7.15. The third-order valence-corrected chi connectivity index (χ3v) is 4.81. The van der Waals surface area contributed by atoms with Crippen LogP contribution in [0.5, 0.6) is 0 Å². The van der Waals surface area contributed by atoms with E-state index >= 15 is 0 Å². The van der Waals surface area contributed by atoms with Crippen LogP contribution < -0.4 is 5.73 Å². The number of aryl methyl sites for hydroxylation is 1. The summed E-state index contributed by atoms with van der Waals surface area (Å²) in [6, 6.07) is 9.98. The summed E-state index contributed by atoms with van der Waals surface area (Å²) in [4.78, 5) is 20.4. The zero-order valence-corrected chi connectivity index (χ0v) is 15.8. The molecule has 2 N–H and O–H groups in total. The molecule has 0 fully saturated rings. The van der Waals surface area contributed by atoms with Gasteiger partial charge in [0.15, 0.2) is 0 Å². The van der Waals surface area contributed by atoms with Gasteiger partial charge in [0.2, 0.25) is 0 Å². The smallest absolute Gasteiger partial charge is 0.274 e. The van der Waals surface area contributed by atoms with Crippen molar-refractivity contribution >= 4 is 17.2 Å². The Balaban J connectivity index is 2.30. The summed E-state index contributed by atoms with van der Waals surface area (Å²) >= 11 is 1.57. The lowest BCUT2D eigenvalue weighted by molar-refractivity contribution is 0.0738. The van der Waals surface area contributed by atoms with Gasteiger partial charge < -0.3 is 10.6 Å². The lowest BCUT2D eigenvalue weighted by atomic mass is 9.92. The van der Waals surface area contributed by atoms with Gasteiger partial charge in [0.1, 0.15) is 5.69 Å². The van der Waals surface area contributed by atoms with Gasteiger partial charge in [0.25, 0.3) is 5.91 Å². The molecular formula is C19H27N3OS. The molecule has 2 rings (SSSR count). The van der Waals surface area contributed by atoms with Gasteiger partial charge in [-0.25, -0.2) is 4.98 Å². The third kappa shape index (κ3) is 4.89. The van der Waals surface area contributed by atoms with Crippen molar-refractivity contribution in [2.75, 3.05) is 19.6 Å². The van der Waals surface area contributed by atoms with E-state index in [0.29, 0.717) is 25.3 Å². The molecule has 24 heavy (non-hydrogen) atoms. The fraction of sp³-hybridized carbons (Fsp3) is 0.474. The van der Waals surface area contributed by atoms with Gasteiger partial charge in [-0.3, -0.25) is 4.79 Å². The Morgan fingerprint density at radius 3 is 2.46 bits per heavy atom. The van der Waals surface area contributed by atoms with E-state index in [1.54, 1.807) is 11.3 Å². The van der Waals surface area contributed by atoms with E-state index < -0.39 is 0 Å². The average molecular weight is 346 g/mol. The molecule has 0 radical (unpaired) electrons. The first-order chi connectivity index (χ1) is 11.3. The van der Waals surface area contributed by atoms with Crippen LogP contribution >= 0.6 is 11.3 Å². The van der Waals surface area contributed by atoms with E-state index in [0.717, 1.165) is 21.9 Å². The Kier molecular flexibility index (Phi) is 6.13. The molecule has 0 atom stereocenters. The quantitative estimate of drug-likeness (QED) is 0.862. The first-order valence-corrected chi connectivity index (χ1v) is 9.15. The summed E-state index contributed by atoms with van der Waals surface area (Å²) in [7, 11) is 0. The highest BCUT2D eigenvalue weighted by atomic mass is 32.1. The summed E-state index contributed by atoms with van der Waals surface area (Å²) in [5.74, 6) is -0.0205. The number of aromatic nitrogens is 1. The van der Waals surface area contributed by atoms with Crippen LogP contribution in [-0.2, 0) is 0 Å². The lowest BCUT2D eigenvalue weighted by Crippen LogP contribution is -2.37. The first kappa shape index (κ1) is 18.6. The van der Waals surface area contributed by atoms with Crippen LogP contribution in [-0.4, -0.2) is 35.4 Å². The largest absolute Gasteiger partial charge is 0.336 e. The fourth-order valence-electron chi connectivity index (χ4n) is 2.45. The minimum Gasteiger partial charge on any atom is -0.336 e. The van der Waals surface area contributed by atoms with Crippen LogP contribution in [0.25, 0.3) is 10.4 Å². The van der Waals surface area contributed by atoms with Gasteiger partial charge in [-0.2, -0.15) is 0 Å². The van der Waals surface area contributed by atoms with Crippen LogP contribution in [0, 0.1) is 12.3 Å². The number of thiazole rings is 1. The maximum absolute atomic E-state index is 13.1. The summed E-state index contributed by atoms with van der Waals surface area (Å²) in [6.07, 6.45) is 0.933. The molecule has 2 aromatic rings. The van der Waals surface area contributed by atoms with Gasteiger partial charge in [0.05, 0.1) is 9.88 Å². The number of nitrogens with zero attached hydrogens (tertiary/aromatic N) is 2. The van der Waals surface area contributed by atoms with Crippen molar-refractivity contribution in [3.8, 4) is 10.4 Å². The van der Waals surface area contributed by atoms with E-state index in [1.807, 2.05) is 42.2 Å². The Hall–Kier alpha value is -1.72. The Bertz CT molecular complexity index is 674. The molecule has 4 nitrogen and oxygen atoms in total. The molecule has 5 heteroatoms. The van der Waals surface area contributed by atoms with E-state index in [-0.39, 0.29) is 11.3 Å². The number of nitrogens with two attached hydrogens (primary N) is 1. The summed E-state index contributed by atoms with van der Waals surface area (Å²) in [5.41, 5.74) is 7.49. The molecule has 130 valence electrons. The maximum Gasteiger partial charge on any atom is 0.274 e. The van der Waals surface area contributed by atoms with Crippen LogP contribution in [0.1, 0.15) is 42.7 Å². The highest BCUT2D eigenvalue weighted by Gasteiger charge is 2.24. The molecule has 1 heterocycles. The molecule has 1 amide bonds. The first-order valence-electron chi connectivity index (χ1n) is 8.34. The fourth-order valence-corrected chi connectivity index (χ4v) is 3.36. The molecule has 1 aromatic heterocycles. The Morgan fingerprint density at radius 2 is 1.88 bits per heavy atom. The van der Waals surface area contributed by atoms with Crippen LogP contribution in [0.3, 0.4) is 0 Å². The second-order valence-corrected chi connectivity index (χ2v) is 8.37. The molecule has 0 aliphatic heterocycles. The zero-order valence-electron chi connectivity index (χ0n) is 15.0. The van der Waals surface area contributed by atoms with E-state index in [9.17, 15) is 4.79 Å². The number of hydrogen-bond acceptors (Lipinski definition) is 4. The second kappa shape index (κ2) is 7.90. The number of carbonyl (C=O) groups is 1. The number of amides is 1. The van der Waals surface area contributed by atoms with Crippen molar-refractivity contribution in [1.82, 2.24) is 9.88 Å². The van der Waals surface area contributed by atoms with Crippen molar-refractivity contribution in [3.63, 3.8) is 0 Å². The van der Waals surface area contributed by atoms with Gasteiger partial charge in [0, 0.05) is 19.6 Å². The minimum absolute atomic E-state index is 0.0205. The van der Waals surface area contributed by atoms with Crippen molar-refractivity contribution < 1.29 is 4.79 Å². The van der Waals surface area contributed by atoms with Gasteiger partial charge >= 0.3 is 0 Å². The second-order valence-electron chi connectivity index (χ2n) is 7.17. The van der Waals surface area contributed by atoms with Crippen LogP contribution in [0.15, 0.2) is 30.3 Å². The standard InChI is InChI=1S/C19H27N3OS/c1-14-21-16(17(24-14)15-8-6-5-7-9-15)18(23)22(13-11-20)12-10-19(2,3)4/h5-9H,10-13,20H2,1-4H3. The summed E-state index contributed by atoms with van der Waals surface area (Å²) in [5, 5.41) is 0.903. The molecule has 0 bridgehead atoms. The van der Waals surface area contributed by atoms with Crippen molar-refractivity contribution in [2.24, 2.45) is 11.1 Å². The topological polar surface area (TPSA) is 59.2 Å². The number of hydrogen-bond donors (Lipinski definition) is 1. The third-order valence-electron chi connectivity index (χ3n) is 3.79. The average Bonchev–Trinajstić information content (AvgIpc) is 2.92. The van der Waals surface area contributed by atoms with Gasteiger partial charge in [-0.15, -0.1) is 11.3 Å². The molecule has 0 aliphatic rings. The van der Waals surface area contributed by atoms with Crippen LogP contribution in [0.2, 0.25) is 0 Å². The lowest BCUT2D eigenvalue weighted by Gasteiger charge is -2.26. The summed E-state index contributed by atoms with van der Waals surface area (Å²) < 4.78 is 0. The van der Waals surface area contributed by atoms with Crippen LogP contribution in [0.4, 0.5) is 0 Å². The molecule has 0 aliphatic carbocycles. The van der Waals surface area contributed by atoms with E-state index in [2.05, 4.69) is 25.8 Å². The molecule has 0 unspecified atom stereocenters. The van der Waals surface area contributed by atoms with Crippen molar-refractivity contribution in [2.45, 2.75) is 34.1 Å². The normalized spacial score (nSPS) is 11.5.